The largest absolute Gasteiger partial charge is 0.324 e. The number of benzene rings is 1. The molecule has 1 N–H and O–H groups in total. The van der Waals surface area contributed by atoms with Crippen molar-refractivity contribution in [2.24, 2.45) is 7.05 Å². The highest BCUT2D eigenvalue weighted by Crippen LogP contribution is 2.26. The molecule has 0 fully saturated rings. The lowest BCUT2D eigenvalue weighted by Gasteiger charge is -2.08. The zero-order valence-corrected chi connectivity index (χ0v) is 14.8. The van der Waals surface area contributed by atoms with Crippen LogP contribution in [0.4, 0.5) is 5.69 Å². The van der Waals surface area contributed by atoms with Gasteiger partial charge in [-0.15, -0.1) is 10.2 Å². The highest BCUT2D eigenvalue weighted by molar-refractivity contribution is 7.99. The average Bonchev–Trinajstić information content (AvgIpc) is 2.81. The van der Waals surface area contributed by atoms with Crippen molar-refractivity contribution in [3.8, 4) is 0 Å². The molecule has 0 bridgehead atoms. The molecule has 1 heterocycles. The molecule has 1 aromatic carbocycles. The maximum Gasteiger partial charge on any atom is 0.234 e. The Hall–Kier alpha value is -1.24. The first kappa shape index (κ1) is 17.1. The number of amides is 1. The van der Waals surface area contributed by atoms with Gasteiger partial charge in [0.25, 0.3) is 0 Å². The molecule has 0 aliphatic rings. The number of nitrogens with one attached hydrogen (secondary N) is 1. The number of nitrogens with zero attached hydrogens (tertiary/aromatic N) is 3. The normalized spacial score (nSPS) is 11.0. The number of aromatic nitrogens is 3. The van der Waals surface area contributed by atoms with Gasteiger partial charge in [0.15, 0.2) is 5.16 Å². The molecule has 0 aliphatic heterocycles. The van der Waals surface area contributed by atoms with Crippen LogP contribution in [0.1, 0.15) is 25.6 Å². The second kappa shape index (κ2) is 7.35. The molecule has 0 atom stereocenters. The fourth-order valence-corrected chi connectivity index (χ4v) is 3.04. The van der Waals surface area contributed by atoms with E-state index < -0.39 is 0 Å². The smallest absolute Gasteiger partial charge is 0.234 e. The molecule has 22 heavy (non-hydrogen) atoms. The van der Waals surface area contributed by atoms with Crippen molar-refractivity contribution in [1.29, 1.82) is 0 Å². The summed E-state index contributed by atoms with van der Waals surface area (Å²) in [6.07, 6.45) is 0. The van der Waals surface area contributed by atoms with E-state index in [2.05, 4.69) is 15.5 Å². The third-order valence-electron chi connectivity index (χ3n) is 2.92. The van der Waals surface area contributed by atoms with E-state index in [0.717, 1.165) is 5.82 Å². The average molecular weight is 359 g/mol. The second-order valence-corrected chi connectivity index (χ2v) is 6.80. The van der Waals surface area contributed by atoms with Crippen molar-refractivity contribution in [2.45, 2.75) is 24.9 Å². The van der Waals surface area contributed by atoms with Crippen LogP contribution < -0.4 is 5.32 Å². The standard InChI is InChI=1S/C14H16Cl2N4OS/c1-8(2)13-18-19-14(20(13)3)22-7-12(21)17-11-5-4-9(15)6-10(11)16/h4-6,8H,7H2,1-3H3,(H,17,21). The Balaban J connectivity index is 1.96. The first-order valence-electron chi connectivity index (χ1n) is 6.65. The van der Waals surface area contributed by atoms with E-state index in [1.807, 2.05) is 25.5 Å². The molecule has 8 heteroatoms. The number of hydrogen-bond donors (Lipinski definition) is 1. The Kier molecular flexibility index (Phi) is 5.72. The van der Waals surface area contributed by atoms with Gasteiger partial charge in [-0.05, 0) is 18.2 Å². The highest BCUT2D eigenvalue weighted by atomic mass is 35.5. The highest BCUT2D eigenvalue weighted by Gasteiger charge is 2.14. The minimum absolute atomic E-state index is 0.164. The maximum absolute atomic E-state index is 12.0. The van der Waals surface area contributed by atoms with E-state index in [4.69, 9.17) is 23.2 Å². The molecule has 0 saturated heterocycles. The van der Waals surface area contributed by atoms with Crippen molar-refractivity contribution >= 4 is 46.6 Å². The number of carbonyl (C=O) groups excluding carboxylic acids is 1. The monoisotopic (exact) mass is 358 g/mol. The Morgan fingerprint density at radius 2 is 2.09 bits per heavy atom. The topological polar surface area (TPSA) is 59.8 Å². The van der Waals surface area contributed by atoms with Crippen molar-refractivity contribution in [3.05, 3.63) is 34.1 Å². The molecule has 2 aromatic rings. The van der Waals surface area contributed by atoms with Crippen molar-refractivity contribution < 1.29 is 4.79 Å². The van der Waals surface area contributed by atoms with E-state index >= 15 is 0 Å². The van der Waals surface area contributed by atoms with Gasteiger partial charge in [0, 0.05) is 18.0 Å². The molecular weight excluding hydrogens is 343 g/mol. The summed E-state index contributed by atoms with van der Waals surface area (Å²) in [5, 5.41) is 12.6. The molecule has 0 radical (unpaired) electrons. The second-order valence-electron chi connectivity index (χ2n) is 5.02. The number of hydrogen-bond acceptors (Lipinski definition) is 4. The summed E-state index contributed by atoms with van der Waals surface area (Å²) in [6.45, 7) is 4.10. The van der Waals surface area contributed by atoms with E-state index in [-0.39, 0.29) is 17.6 Å². The summed E-state index contributed by atoms with van der Waals surface area (Å²) in [4.78, 5) is 12.0. The molecule has 118 valence electrons. The van der Waals surface area contributed by atoms with Gasteiger partial charge in [0.1, 0.15) is 5.82 Å². The summed E-state index contributed by atoms with van der Waals surface area (Å²) in [7, 11) is 1.89. The SMILES string of the molecule is CC(C)c1nnc(SCC(=O)Nc2ccc(Cl)cc2Cl)n1C. The predicted molar refractivity (Wildman–Crippen MR) is 90.9 cm³/mol. The molecule has 5 nitrogen and oxygen atoms in total. The van der Waals surface area contributed by atoms with Gasteiger partial charge >= 0.3 is 0 Å². The quantitative estimate of drug-likeness (QED) is 0.821. The third-order valence-corrected chi connectivity index (χ3v) is 4.49. The molecule has 1 aromatic heterocycles. The summed E-state index contributed by atoms with van der Waals surface area (Å²) >= 11 is 13.2. The number of halogens is 2. The van der Waals surface area contributed by atoms with Gasteiger partial charge in [-0.2, -0.15) is 0 Å². The first-order chi connectivity index (χ1) is 10.4. The van der Waals surface area contributed by atoms with Crippen LogP contribution in [-0.2, 0) is 11.8 Å². The van der Waals surface area contributed by atoms with E-state index in [1.165, 1.54) is 11.8 Å². The van der Waals surface area contributed by atoms with E-state index in [0.29, 0.717) is 20.9 Å². The number of rotatable bonds is 5. The predicted octanol–water partition coefficient (Wildman–Crippen LogP) is 3.98. The lowest BCUT2D eigenvalue weighted by molar-refractivity contribution is -0.113. The summed E-state index contributed by atoms with van der Waals surface area (Å²) in [5.74, 6) is 1.24. The maximum atomic E-state index is 12.0. The number of thioether (sulfide) groups is 1. The first-order valence-corrected chi connectivity index (χ1v) is 8.39. The summed E-state index contributed by atoms with van der Waals surface area (Å²) < 4.78 is 1.90. The van der Waals surface area contributed by atoms with Gasteiger partial charge in [0.05, 0.1) is 16.5 Å². The van der Waals surface area contributed by atoms with E-state index in [9.17, 15) is 4.79 Å². The van der Waals surface area contributed by atoms with Gasteiger partial charge < -0.3 is 9.88 Å². The van der Waals surface area contributed by atoms with Gasteiger partial charge in [0.2, 0.25) is 5.91 Å². The van der Waals surface area contributed by atoms with Crippen molar-refractivity contribution in [2.75, 3.05) is 11.1 Å². The van der Waals surface area contributed by atoms with Crippen LogP contribution in [0, 0.1) is 0 Å². The Labute approximate surface area is 143 Å². The molecule has 2 rings (SSSR count). The molecule has 0 saturated carbocycles. The van der Waals surface area contributed by atoms with Gasteiger partial charge in [-0.3, -0.25) is 4.79 Å². The van der Waals surface area contributed by atoms with Crippen LogP contribution >= 0.6 is 35.0 Å². The third kappa shape index (κ3) is 4.15. The zero-order chi connectivity index (χ0) is 16.3. The molecule has 0 aliphatic carbocycles. The zero-order valence-electron chi connectivity index (χ0n) is 12.4. The van der Waals surface area contributed by atoms with E-state index in [1.54, 1.807) is 18.2 Å². The van der Waals surface area contributed by atoms with Crippen LogP contribution in [0.5, 0.6) is 0 Å². The lowest BCUT2D eigenvalue weighted by Crippen LogP contribution is -2.14. The molecule has 0 unspecified atom stereocenters. The van der Waals surface area contributed by atoms with Crippen molar-refractivity contribution in [1.82, 2.24) is 14.8 Å². The number of anilines is 1. The summed E-state index contributed by atoms with van der Waals surface area (Å²) in [6, 6.07) is 4.93. The summed E-state index contributed by atoms with van der Waals surface area (Å²) in [5.41, 5.74) is 0.539. The van der Waals surface area contributed by atoms with Crippen molar-refractivity contribution in [3.63, 3.8) is 0 Å². The van der Waals surface area contributed by atoms with Crippen LogP contribution in [0.15, 0.2) is 23.4 Å². The number of carbonyl (C=O) groups is 1. The Morgan fingerprint density at radius 3 is 2.68 bits per heavy atom. The minimum Gasteiger partial charge on any atom is -0.324 e. The van der Waals surface area contributed by atoms with Gasteiger partial charge in [-0.25, -0.2) is 0 Å². The molecular formula is C14H16Cl2N4OS. The molecule has 0 spiro atoms. The Morgan fingerprint density at radius 1 is 1.36 bits per heavy atom. The minimum atomic E-state index is -0.164. The van der Waals surface area contributed by atoms with Gasteiger partial charge in [-0.1, -0.05) is 48.8 Å². The fourth-order valence-electron chi connectivity index (χ4n) is 1.86. The van der Waals surface area contributed by atoms with Crippen LogP contribution in [0.2, 0.25) is 10.0 Å². The van der Waals surface area contributed by atoms with Crippen LogP contribution in [0.25, 0.3) is 0 Å². The lowest BCUT2D eigenvalue weighted by atomic mass is 10.2. The fraction of sp³-hybridized carbons (Fsp3) is 0.357. The Bertz CT molecular complexity index is 687. The van der Waals surface area contributed by atoms with Crippen LogP contribution in [0.3, 0.4) is 0 Å². The van der Waals surface area contributed by atoms with Crippen LogP contribution in [-0.4, -0.2) is 26.4 Å². The molecule has 1 amide bonds.